The third kappa shape index (κ3) is 4.27. The van der Waals surface area contributed by atoms with Gasteiger partial charge in [-0.1, -0.05) is 0 Å². The number of aryl methyl sites for hydroxylation is 2. The molecule has 4 N–H and O–H groups in total. The lowest BCUT2D eigenvalue weighted by Gasteiger charge is -2.12. The zero-order valence-electron chi connectivity index (χ0n) is 17.1. The van der Waals surface area contributed by atoms with Crippen molar-refractivity contribution in [3.8, 4) is 5.75 Å². The molecule has 31 heavy (non-hydrogen) atoms. The molecule has 0 spiro atoms. The second-order valence-electron chi connectivity index (χ2n) is 6.86. The Hall–Kier alpha value is -3.70. The van der Waals surface area contributed by atoms with Crippen molar-refractivity contribution in [1.29, 1.82) is 0 Å². The Labute approximate surface area is 179 Å². The van der Waals surface area contributed by atoms with E-state index in [-0.39, 0.29) is 4.90 Å². The second kappa shape index (κ2) is 7.85. The monoisotopic (exact) mass is 439 g/mol. The molecule has 0 bridgehead atoms. The van der Waals surface area contributed by atoms with Gasteiger partial charge in [-0.05, 0) is 43.3 Å². The molecule has 0 aliphatic rings. The average molecular weight is 440 g/mol. The Morgan fingerprint density at radius 3 is 2.65 bits per heavy atom. The number of nitrogens with one attached hydrogen (secondary N) is 2. The number of methoxy groups -OCH3 is 1. The van der Waals surface area contributed by atoms with Gasteiger partial charge in [-0.2, -0.15) is 10.1 Å². The van der Waals surface area contributed by atoms with E-state index in [4.69, 9.17) is 9.88 Å². The highest BCUT2D eigenvalue weighted by molar-refractivity contribution is 7.89. The van der Waals surface area contributed by atoms with Crippen LogP contribution < -0.4 is 20.5 Å². The maximum Gasteiger partial charge on any atom is 0.238 e. The van der Waals surface area contributed by atoms with Gasteiger partial charge in [0.25, 0.3) is 0 Å². The molecule has 0 atom stereocenters. The van der Waals surface area contributed by atoms with Crippen molar-refractivity contribution in [2.45, 2.75) is 11.8 Å². The molecule has 0 radical (unpaired) electrons. The molecule has 2 aromatic heterocycles. The van der Waals surface area contributed by atoms with E-state index < -0.39 is 10.0 Å². The highest BCUT2D eigenvalue weighted by Gasteiger charge is 2.13. The average Bonchev–Trinajstić information content (AvgIpc) is 3.01. The zero-order valence-corrected chi connectivity index (χ0v) is 17.9. The van der Waals surface area contributed by atoms with Crippen molar-refractivity contribution in [1.82, 2.24) is 19.7 Å². The second-order valence-corrected chi connectivity index (χ2v) is 8.42. The highest BCUT2D eigenvalue weighted by atomic mass is 32.2. The normalized spacial score (nSPS) is 11.5. The SMILES string of the molecule is COc1cc(S(N)(=O)=O)ccc1Nc1nccc(Nc2ccc3c(C)nn(C)c3c2)n1. The number of nitrogens with zero attached hydrogens (tertiary/aromatic N) is 4. The van der Waals surface area contributed by atoms with Crippen LogP contribution in [0, 0.1) is 6.92 Å². The Balaban J connectivity index is 1.58. The van der Waals surface area contributed by atoms with Gasteiger partial charge in [-0.25, -0.2) is 18.5 Å². The Morgan fingerprint density at radius 1 is 1.10 bits per heavy atom. The van der Waals surface area contributed by atoms with Crippen molar-refractivity contribution >= 4 is 44.1 Å². The Bertz CT molecular complexity index is 1380. The first-order chi connectivity index (χ1) is 14.7. The summed E-state index contributed by atoms with van der Waals surface area (Å²) in [7, 11) is -0.503. The first kappa shape index (κ1) is 20.6. The fraction of sp³-hybridized carbons (Fsp3) is 0.150. The van der Waals surface area contributed by atoms with E-state index in [0.717, 1.165) is 22.3 Å². The van der Waals surface area contributed by atoms with Crippen molar-refractivity contribution in [2.24, 2.45) is 12.2 Å². The van der Waals surface area contributed by atoms with E-state index in [2.05, 4.69) is 25.7 Å². The number of aromatic nitrogens is 4. The first-order valence-corrected chi connectivity index (χ1v) is 10.8. The third-order valence-corrected chi connectivity index (χ3v) is 5.62. The molecule has 0 fully saturated rings. The first-order valence-electron chi connectivity index (χ1n) is 9.26. The van der Waals surface area contributed by atoms with Crippen LogP contribution in [0.4, 0.5) is 23.1 Å². The number of hydrogen-bond acceptors (Lipinski definition) is 8. The standard InChI is InChI=1S/C20H21N7O3S/c1-12-15-6-4-13(10-17(15)27(2)26-12)23-19-8-9-22-20(25-19)24-16-7-5-14(31(21,28)29)11-18(16)30-3/h4-11H,1-3H3,(H2,21,28,29)(H2,22,23,24,25). The van der Waals surface area contributed by atoms with Crippen LogP contribution in [0.2, 0.25) is 0 Å². The molecule has 0 saturated heterocycles. The van der Waals surface area contributed by atoms with Crippen molar-refractivity contribution < 1.29 is 13.2 Å². The van der Waals surface area contributed by atoms with Gasteiger partial charge >= 0.3 is 0 Å². The Morgan fingerprint density at radius 2 is 1.90 bits per heavy atom. The van der Waals surface area contributed by atoms with E-state index in [1.165, 1.54) is 19.2 Å². The minimum atomic E-state index is -3.84. The van der Waals surface area contributed by atoms with Gasteiger partial charge in [0.15, 0.2) is 0 Å². The topological polar surface area (TPSA) is 137 Å². The van der Waals surface area contributed by atoms with E-state index in [1.54, 1.807) is 18.3 Å². The quantitative estimate of drug-likeness (QED) is 0.417. The summed E-state index contributed by atoms with van der Waals surface area (Å²) in [5.74, 6) is 1.19. The third-order valence-electron chi connectivity index (χ3n) is 4.71. The van der Waals surface area contributed by atoms with E-state index >= 15 is 0 Å². The van der Waals surface area contributed by atoms with Crippen LogP contribution in [0.1, 0.15) is 5.69 Å². The number of anilines is 4. The minimum Gasteiger partial charge on any atom is -0.495 e. The molecule has 0 amide bonds. The predicted octanol–water partition coefficient (Wildman–Crippen LogP) is 2.81. The van der Waals surface area contributed by atoms with E-state index in [9.17, 15) is 8.42 Å². The number of sulfonamides is 1. The lowest BCUT2D eigenvalue weighted by Crippen LogP contribution is -2.12. The summed E-state index contributed by atoms with van der Waals surface area (Å²) in [6, 6.07) is 12.0. The molecule has 0 unspecified atom stereocenters. The van der Waals surface area contributed by atoms with Gasteiger partial charge in [0.1, 0.15) is 11.6 Å². The summed E-state index contributed by atoms with van der Waals surface area (Å²) < 4.78 is 30.2. The van der Waals surface area contributed by atoms with E-state index in [0.29, 0.717) is 23.2 Å². The molecule has 4 aromatic rings. The smallest absolute Gasteiger partial charge is 0.238 e. The maximum atomic E-state index is 11.6. The van der Waals surface area contributed by atoms with Crippen LogP contribution in [0.15, 0.2) is 53.6 Å². The molecule has 160 valence electrons. The number of hydrogen-bond donors (Lipinski definition) is 3. The van der Waals surface area contributed by atoms with Crippen LogP contribution in [0.5, 0.6) is 5.75 Å². The molecule has 2 heterocycles. The predicted molar refractivity (Wildman–Crippen MR) is 118 cm³/mol. The maximum absolute atomic E-state index is 11.6. The number of ether oxygens (including phenoxy) is 1. The minimum absolute atomic E-state index is 0.0490. The summed E-state index contributed by atoms with van der Waals surface area (Å²) in [6.07, 6.45) is 1.61. The van der Waals surface area contributed by atoms with Crippen LogP contribution in [0.3, 0.4) is 0 Å². The zero-order chi connectivity index (χ0) is 22.2. The van der Waals surface area contributed by atoms with Crippen molar-refractivity contribution in [3.05, 3.63) is 54.4 Å². The van der Waals surface area contributed by atoms with Gasteiger partial charge in [-0.15, -0.1) is 0 Å². The van der Waals surface area contributed by atoms with Crippen LogP contribution >= 0.6 is 0 Å². The molecule has 10 nitrogen and oxygen atoms in total. The molecular weight excluding hydrogens is 418 g/mol. The molecule has 0 saturated carbocycles. The molecule has 11 heteroatoms. The van der Waals surface area contributed by atoms with Crippen LogP contribution in [-0.2, 0) is 17.1 Å². The molecule has 0 aliphatic heterocycles. The lowest BCUT2D eigenvalue weighted by atomic mass is 10.2. The fourth-order valence-corrected chi connectivity index (χ4v) is 3.75. The number of rotatable bonds is 6. The van der Waals surface area contributed by atoms with Gasteiger partial charge in [0.2, 0.25) is 16.0 Å². The summed E-state index contributed by atoms with van der Waals surface area (Å²) in [4.78, 5) is 8.63. The van der Waals surface area contributed by atoms with Gasteiger partial charge in [0.05, 0.1) is 28.9 Å². The summed E-state index contributed by atoms with van der Waals surface area (Å²) in [6.45, 7) is 1.97. The largest absolute Gasteiger partial charge is 0.495 e. The summed E-state index contributed by atoms with van der Waals surface area (Å²) in [5, 5.41) is 17.0. The summed E-state index contributed by atoms with van der Waals surface area (Å²) in [5.41, 5.74) is 3.34. The number of benzene rings is 2. The fourth-order valence-electron chi connectivity index (χ4n) is 3.22. The summed E-state index contributed by atoms with van der Waals surface area (Å²) >= 11 is 0. The van der Waals surface area contributed by atoms with Crippen molar-refractivity contribution in [2.75, 3.05) is 17.7 Å². The molecule has 4 rings (SSSR count). The molecule has 0 aliphatic carbocycles. The number of nitrogens with two attached hydrogens (primary N) is 1. The lowest BCUT2D eigenvalue weighted by molar-refractivity contribution is 0.415. The van der Waals surface area contributed by atoms with Gasteiger partial charge in [0, 0.05) is 30.4 Å². The number of fused-ring (bicyclic) bond motifs is 1. The van der Waals surface area contributed by atoms with Crippen LogP contribution in [0.25, 0.3) is 10.9 Å². The highest BCUT2D eigenvalue weighted by Crippen LogP contribution is 2.29. The van der Waals surface area contributed by atoms with Crippen LogP contribution in [-0.4, -0.2) is 35.3 Å². The van der Waals surface area contributed by atoms with E-state index in [1.807, 2.05) is 36.9 Å². The van der Waals surface area contributed by atoms with Crippen molar-refractivity contribution in [3.63, 3.8) is 0 Å². The number of primary sulfonamides is 1. The van der Waals surface area contributed by atoms with Gasteiger partial charge < -0.3 is 15.4 Å². The Kier molecular flexibility index (Phi) is 5.21. The molecular formula is C20H21N7O3S. The van der Waals surface area contributed by atoms with Gasteiger partial charge in [-0.3, -0.25) is 4.68 Å². The molecule has 2 aromatic carbocycles.